The fraction of sp³-hybridized carbons (Fsp3) is 0.0714. The smallest absolute Gasteiger partial charge is 0.311 e. The van der Waals surface area contributed by atoms with Gasteiger partial charge in [0, 0.05) is 11.6 Å². The lowest BCUT2D eigenvalue weighted by atomic mass is 10.2. The van der Waals surface area contributed by atoms with Gasteiger partial charge in [0.2, 0.25) is 5.75 Å². The molecular weight excluding hydrogens is 258 g/mol. The monoisotopic (exact) mass is 271 g/mol. The number of nitrogen functional groups attached to an aromatic ring is 1. The molecule has 0 aliphatic heterocycles. The summed E-state index contributed by atoms with van der Waals surface area (Å²) >= 11 is 0. The first-order valence-corrected chi connectivity index (χ1v) is 5.85. The minimum Gasteiger partial charge on any atom is -0.450 e. The summed E-state index contributed by atoms with van der Waals surface area (Å²) in [6.45, 7) is 1.78. The molecule has 0 bridgehead atoms. The number of nitrogens with zero attached hydrogens (tertiary/aromatic N) is 1. The van der Waals surface area contributed by atoms with E-state index in [1.54, 1.807) is 43.3 Å². The first-order chi connectivity index (χ1) is 9.47. The van der Waals surface area contributed by atoms with Gasteiger partial charge < -0.3 is 10.5 Å². The number of hydrogen-bond acceptors (Lipinski definition) is 4. The summed E-state index contributed by atoms with van der Waals surface area (Å²) in [6.07, 6.45) is 0. The van der Waals surface area contributed by atoms with E-state index in [-0.39, 0.29) is 17.3 Å². The summed E-state index contributed by atoms with van der Waals surface area (Å²) in [4.78, 5) is 10.5. The number of amidine groups is 1. The highest BCUT2D eigenvalue weighted by molar-refractivity contribution is 5.94. The van der Waals surface area contributed by atoms with Crippen LogP contribution in [0.25, 0.3) is 0 Å². The lowest BCUT2D eigenvalue weighted by Gasteiger charge is -2.07. The quantitative estimate of drug-likeness (QED) is 0.386. The van der Waals surface area contributed by atoms with E-state index >= 15 is 0 Å². The Hall–Kier alpha value is -2.89. The van der Waals surface area contributed by atoms with Crippen molar-refractivity contribution in [2.24, 2.45) is 5.73 Å². The Kier molecular flexibility index (Phi) is 3.65. The number of ether oxygens (including phenoxy) is 1. The van der Waals surface area contributed by atoms with Gasteiger partial charge in [-0.2, -0.15) is 0 Å². The predicted molar refractivity (Wildman–Crippen MR) is 75.4 cm³/mol. The molecule has 2 aromatic rings. The van der Waals surface area contributed by atoms with E-state index in [1.807, 2.05) is 0 Å². The maximum Gasteiger partial charge on any atom is 0.311 e. The average Bonchev–Trinajstić information content (AvgIpc) is 2.41. The van der Waals surface area contributed by atoms with Crippen LogP contribution in [0.15, 0.2) is 42.5 Å². The number of benzene rings is 2. The van der Waals surface area contributed by atoms with Crippen molar-refractivity contribution < 1.29 is 9.66 Å². The molecule has 20 heavy (non-hydrogen) atoms. The molecule has 0 saturated carbocycles. The van der Waals surface area contributed by atoms with E-state index in [0.29, 0.717) is 11.3 Å². The van der Waals surface area contributed by atoms with Crippen molar-refractivity contribution in [3.8, 4) is 11.5 Å². The Bertz CT molecular complexity index is 666. The molecule has 6 nitrogen and oxygen atoms in total. The van der Waals surface area contributed by atoms with Crippen LogP contribution < -0.4 is 10.5 Å². The predicted octanol–water partition coefficient (Wildman–Crippen LogP) is 2.98. The molecular formula is C14H13N3O3. The van der Waals surface area contributed by atoms with Crippen molar-refractivity contribution in [3.63, 3.8) is 0 Å². The third-order valence-electron chi connectivity index (χ3n) is 2.70. The molecule has 102 valence electrons. The summed E-state index contributed by atoms with van der Waals surface area (Å²) in [5.74, 6) is 0.580. The van der Waals surface area contributed by atoms with Crippen molar-refractivity contribution in [1.82, 2.24) is 0 Å². The van der Waals surface area contributed by atoms with E-state index in [4.69, 9.17) is 15.9 Å². The zero-order chi connectivity index (χ0) is 14.7. The van der Waals surface area contributed by atoms with E-state index in [0.717, 1.165) is 5.56 Å². The van der Waals surface area contributed by atoms with Crippen LogP contribution in [0.1, 0.15) is 11.1 Å². The van der Waals surface area contributed by atoms with Crippen LogP contribution in [-0.2, 0) is 0 Å². The summed E-state index contributed by atoms with van der Waals surface area (Å²) in [5.41, 5.74) is 6.62. The third-order valence-corrected chi connectivity index (χ3v) is 2.70. The molecule has 0 saturated heterocycles. The van der Waals surface area contributed by atoms with Gasteiger partial charge in [0.05, 0.1) is 4.92 Å². The molecule has 2 rings (SSSR count). The second kappa shape index (κ2) is 5.40. The average molecular weight is 271 g/mol. The summed E-state index contributed by atoms with van der Waals surface area (Å²) in [7, 11) is 0. The van der Waals surface area contributed by atoms with Gasteiger partial charge in [0.1, 0.15) is 11.6 Å². The van der Waals surface area contributed by atoms with Gasteiger partial charge in [0.15, 0.2) is 0 Å². The Morgan fingerprint density at radius 1 is 1.25 bits per heavy atom. The molecule has 6 heteroatoms. The molecule has 0 atom stereocenters. The van der Waals surface area contributed by atoms with Crippen LogP contribution in [0.2, 0.25) is 0 Å². The normalized spacial score (nSPS) is 10.1. The van der Waals surface area contributed by atoms with E-state index in [2.05, 4.69) is 0 Å². The molecule has 0 aliphatic carbocycles. The number of hydrogen-bond donors (Lipinski definition) is 2. The minimum atomic E-state index is -0.480. The van der Waals surface area contributed by atoms with Crippen LogP contribution >= 0.6 is 0 Å². The zero-order valence-electron chi connectivity index (χ0n) is 10.8. The van der Waals surface area contributed by atoms with Crippen molar-refractivity contribution in [2.75, 3.05) is 0 Å². The van der Waals surface area contributed by atoms with Crippen LogP contribution in [0.4, 0.5) is 5.69 Å². The number of rotatable bonds is 4. The van der Waals surface area contributed by atoms with Crippen LogP contribution in [0, 0.1) is 22.4 Å². The fourth-order valence-corrected chi connectivity index (χ4v) is 1.69. The summed E-state index contributed by atoms with van der Waals surface area (Å²) in [5, 5.41) is 18.3. The van der Waals surface area contributed by atoms with Crippen LogP contribution in [-0.4, -0.2) is 10.8 Å². The van der Waals surface area contributed by atoms with Gasteiger partial charge in [-0.05, 0) is 42.8 Å². The highest BCUT2D eigenvalue weighted by Gasteiger charge is 2.15. The molecule has 3 N–H and O–H groups in total. The van der Waals surface area contributed by atoms with E-state index in [9.17, 15) is 10.1 Å². The van der Waals surface area contributed by atoms with Gasteiger partial charge in [-0.3, -0.25) is 15.5 Å². The molecule has 0 amide bonds. The Morgan fingerprint density at radius 3 is 2.45 bits per heavy atom. The number of nitrogens with one attached hydrogen (secondary N) is 1. The third kappa shape index (κ3) is 2.92. The fourth-order valence-electron chi connectivity index (χ4n) is 1.69. The molecule has 0 radical (unpaired) electrons. The number of nitrogens with two attached hydrogens (primary N) is 1. The van der Waals surface area contributed by atoms with Crippen molar-refractivity contribution in [3.05, 3.63) is 63.7 Å². The Labute approximate surface area is 115 Å². The summed E-state index contributed by atoms with van der Waals surface area (Å²) < 4.78 is 5.51. The van der Waals surface area contributed by atoms with Crippen molar-refractivity contribution >= 4 is 11.5 Å². The number of nitro benzene ring substituents is 1. The number of aryl methyl sites for hydroxylation is 1. The first kappa shape index (κ1) is 13.5. The van der Waals surface area contributed by atoms with Gasteiger partial charge in [-0.25, -0.2) is 0 Å². The highest BCUT2D eigenvalue weighted by atomic mass is 16.6. The second-order valence-corrected chi connectivity index (χ2v) is 4.27. The first-order valence-electron chi connectivity index (χ1n) is 5.85. The largest absolute Gasteiger partial charge is 0.450 e. The van der Waals surface area contributed by atoms with Crippen molar-refractivity contribution in [1.29, 1.82) is 5.41 Å². The Balaban J connectivity index is 2.30. The second-order valence-electron chi connectivity index (χ2n) is 4.27. The van der Waals surface area contributed by atoms with Gasteiger partial charge >= 0.3 is 5.69 Å². The molecule has 0 unspecified atom stereocenters. The van der Waals surface area contributed by atoms with Gasteiger partial charge in [0.25, 0.3) is 0 Å². The molecule has 0 fully saturated rings. The van der Waals surface area contributed by atoms with E-state index < -0.39 is 4.92 Å². The standard InChI is InChI=1S/C14H13N3O3/c1-9-2-7-13(12(8-9)17(18)19)20-11-5-3-10(4-6-11)14(15)16/h2-8H,1H3,(H3,15,16). The summed E-state index contributed by atoms with van der Waals surface area (Å²) in [6, 6.07) is 11.2. The maximum atomic E-state index is 11.0. The SMILES string of the molecule is Cc1ccc(Oc2ccc(C(=N)N)cc2)c([N+](=O)[O-])c1. The lowest BCUT2D eigenvalue weighted by molar-refractivity contribution is -0.385. The molecule has 0 aliphatic rings. The van der Waals surface area contributed by atoms with Crippen LogP contribution in [0.5, 0.6) is 11.5 Å². The zero-order valence-corrected chi connectivity index (χ0v) is 10.8. The molecule has 0 aromatic heterocycles. The maximum absolute atomic E-state index is 11.0. The molecule has 0 spiro atoms. The molecule has 0 heterocycles. The highest BCUT2D eigenvalue weighted by Crippen LogP contribution is 2.32. The van der Waals surface area contributed by atoms with Crippen LogP contribution in [0.3, 0.4) is 0 Å². The van der Waals surface area contributed by atoms with Crippen molar-refractivity contribution in [2.45, 2.75) is 6.92 Å². The van der Waals surface area contributed by atoms with Gasteiger partial charge in [-0.1, -0.05) is 6.07 Å². The molecule has 2 aromatic carbocycles. The Morgan fingerprint density at radius 2 is 1.90 bits per heavy atom. The topological polar surface area (TPSA) is 102 Å². The number of nitro groups is 1. The minimum absolute atomic E-state index is 0.0436. The van der Waals surface area contributed by atoms with Gasteiger partial charge in [-0.15, -0.1) is 0 Å². The van der Waals surface area contributed by atoms with E-state index in [1.165, 1.54) is 6.07 Å². The lowest BCUT2D eigenvalue weighted by Crippen LogP contribution is -2.10.